The molecule has 0 aromatic heterocycles. The Morgan fingerprint density at radius 2 is 1.97 bits per heavy atom. The molecule has 32 heavy (non-hydrogen) atoms. The molecule has 3 N–H and O–H groups in total. The van der Waals surface area contributed by atoms with E-state index in [9.17, 15) is 14.7 Å². The van der Waals surface area contributed by atoms with Crippen molar-refractivity contribution in [2.75, 3.05) is 19.7 Å². The van der Waals surface area contributed by atoms with Gasteiger partial charge in [-0.05, 0) is 38.3 Å². The lowest BCUT2D eigenvalue weighted by Crippen LogP contribution is -2.55. The lowest BCUT2D eigenvalue weighted by atomic mass is 9.77. The maximum atomic E-state index is 13.1. The van der Waals surface area contributed by atoms with Gasteiger partial charge in [0.1, 0.15) is 18.0 Å². The van der Waals surface area contributed by atoms with E-state index in [1.165, 1.54) is 0 Å². The number of hydrogen-bond acceptors (Lipinski definition) is 5. The average molecular weight is 443 g/mol. The maximum absolute atomic E-state index is 13.1. The number of allylic oxidation sites excluding steroid dienone is 1. The molecule has 0 fully saturated rings. The molecular weight excluding hydrogens is 408 g/mol. The number of para-hydroxylation sites is 1. The molecule has 0 radical (unpaired) electrons. The molecule has 0 saturated carbocycles. The summed E-state index contributed by atoms with van der Waals surface area (Å²) in [6, 6.07) is 6.73. The zero-order valence-electron chi connectivity index (χ0n) is 19.2. The molecule has 0 saturated heterocycles. The molecule has 0 unspecified atom stereocenters. The van der Waals surface area contributed by atoms with E-state index in [2.05, 4.69) is 19.2 Å². The number of aliphatic hydroxyl groups excluding tert-OH is 2. The molecule has 7 nitrogen and oxygen atoms in total. The fourth-order valence-corrected chi connectivity index (χ4v) is 4.32. The van der Waals surface area contributed by atoms with E-state index in [-0.39, 0.29) is 25.0 Å². The van der Waals surface area contributed by atoms with Crippen molar-refractivity contribution in [1.29, 1.82) is 0 Å². The van der Waals surface area contributed by atoms with Gasteiger partial charge in [0, 0.05) is 30.3 Å². The predicted molar refractivity (Wildman–Crippen MR) is 122 cm³/mol. The van der Waals surface area contributed by atoms with Crippen molar-refractivity contribution < 1.29 is 24.5 Å². The molecule has 1 aromatic carbocycles. The molecule has 0 bridgehead atoms. The SMILES string of the molecule is CC(C)=CC(=O)N(CCC(C)C)[C@@H]1C=C(C(=O)NCCO)[C@@H]2c3ccccc3O[C@@H]2[C@H]1O. The Morgan fingerprint density at radius 1 is 1.25 bits per heavy atom. The number of fused-ring (bicyclic) bond motifs is 3. The minimum atomic E-state index is -0.997. The van der Waals surface area contributed by atoms with Crippen molar-refractivity contribution in [1.82, 2.24) is 10.2 Å². The molecule has 4 atom stereocenters. The molecule has 7 heteroatoms. The Bertz CT molecular complexity index is 903. The highest BCUT2D eigenvalue weighted by atomic mass is 16.5. The molecule has 1 aliphatic heterocycles. The molecule has 0 spiro atoms. The first-order valence-corrected chi connectivity index (χ1v) is 11.2. The number of aliphatic hydroxyl groups is 2. The van der Waals surface area contributed by atoms with E-state index in [0.29, 0.717) is 23.8 Å². The zero-order chi connectivity index (χ0) is 23.4. The van der Waals surface area contributed by atoms with E-state index >= 15 is 0 Å². The van der Waals surface area contributed by atoms with Crippen molar-refractivity contribution in [2.45, 2.75) is 58.3 Å². The van der Waals surface area contributed by atoms with Crippen molar-refractivity contribution in [3.8, 4) is 5.75 Å². The summed E-state index contributed by atoms with van der Waals surface area (Å²) in [5, 5.41) is 23.2. The summed E-state index contributed by atoms with van der Waals surface area (Å²) < 4.78 is 6.10. The molecule has 174 valence electrons. The van der Waals surface area contributed by atoms with Crippen LogP contribution >= 0.6 is 0 Å². The van der Waals surface area contributed by atoms with Crippen LogP contribution in [0.3, 0.4) is 0 Å². The smallest absolute Gasteiger partial charge is 0.247 e. The van der Waals surface area contributed by atoms with Crippen molar-refractivity contribution >= 4 is 11.8 Å². The van der Waals surface area contributed by atoms with Crippen LogP contribution in [-0.2, 0) is 9.59 Å². The van der Waals surface area contributed by atoms with Crippen LogP contribution in [0.1, 0.15) is 45.6 Å². The van der Waals surface area contributed by atoms with Crippen LogP contribution in [0.4, 0.5) is 0 Å². The summed E-state index contributed by atoms with van der Waals surface area (Å²) in [6.45, 7) is 8.27. The highest BCUT2D eigenvalue weighted by Gasteiger charge is 2.50. The first-order valence-electron chi connectivity index (χ1n) is 11.2. The quantitative estimate of drug-likeness (QED) is 0.536. The number of amides is 2. The van der Waals surface area contributed by atoms with Crippen LogP contribution in [-0.4, -0.2) is 64.9 Å². The minimum absolute atomic E-state index is 0.122. The van der Waals surface area contributed by atoms with Crippen LogP contribution in [0.2, 0.25) is 0 Å². The summed E-state index contributed by atoms with van der Waals surface area (Å²) in [5.74, 6) is 0.0302. The number of benzene rings is 1. The monoisotopic (exact) mass is 442 g/mol. The van der Waals surface area contributed by atoms with Crippen LogP contribution < -0.4 is 10.1 Å². The highest BCUT2D eigenvalue weighted by Crippen LogP contribution is 2.47. The Morgan fingerprint density at radius 3 is 2.62 bits per heavy atom. The number of nitrogens with one attached hydrogen (secondary N) is 1. The van der Waals surface area contributed by atoms with Gasteiger partial charge in [0.25, 0.3) is 0 Å². The largest absolute Gasteiger partial charge is 0.486 e. The summed E-state index contributed by atoms with van der Waals surface area (Å²) >= 11 is 0. The van der Waals surface area contributed by atoms with E-state index in [1.54, 1.807) is 17.1 Å². The normalized spacial score (nSPS) is 23.5. The van der Waals surface area contributed by atoms with E-state index in [0.717, 1.165) is 17.6 Å². The van der Waals surface area contributed by atoms with Gasteiger partial charge < -0.3 is 25.2 Å². The summed E-state index contributed by atoms with van der Waals surface area (Å²) in [7, 11) is 0. The van der Waals surface area contributed by atoms with Gasteiger partial charge in [-0.25, -0.2) is 0 Å². The number of carbonyl (C=O) groups is 2. The molecule has 1 aliphatic carbocycles. The Kier molecular flexibility index (Phi) is 7.74. The number of hydrogen-bond donors (Lipinski definition) is 3. The Hall–Kier alpha value is -2.64. The van der Waals surface area contributed by atoms with Crippen molar-refractivity contribution in [3.05, 3.63) is 53.1 Å². The Balaban J connectivity index is 2.04. The van der Waals surface area contributed by atoms with Crippen molar-refractivity contribution in [3.63, 3.8) is 0 Å². The Labute approximate surface area is 189 Å². The third-order valence-electron chi connectivity index (χ3n) is 5.88. The molecular formula is C25H34N2O5. The third-order valence-corrected chi connectivity index (χ3v) is 5.88. The maximum Gasteiger partial charge on any atom is 0.247 e. The molecule has 3 rings (SSSR count). The van der Waals surface area contributed by atoms with Gasteiger partial charge in [0.15, 0.2) is 0 Å². The molecule has 2 aliphatic rings. The standard InChI is InChI=1S/C25H34N2O5/c1-15(2)9-11-27(21(29)13-16(3)4)19-14-18(25(31)26-10-12-28)22-17-7-5-6-8-20(17)32-24(22)23(19)30/h5-8,13-15,19,22-24,28,30H,9-12H2,1-4H3,(H,26,31)/t19-,22+,23+,24+/m1/s1. The zero-order valence-corrected chi connectivity index (χ0v) is 19.2. The van der Waals surface area contributed by atoms with Gasteiger partial charge in [-0.3, -0.25) is 9.59 Å². The third kappa shape index (κ3) is 5.05. The first-order chi connectivity index (χ1) is 15.2. The van der Waals surface area contributed by atoms with E-state index in [4.69, 9.17) is 9.84 Å². The van der Waals surface area contributed by atoms with E-state index < -0.39 is 24.2 Å². The lowest BCUT2D eigenvalue weighted by Gasteiger charge is -2.40. The molecule has 1 aromatic rings. The van der Waals surface area contributed by atoms with E-state index in [1.807, 2.05) is 38.1 Å². The number of nitrogens with zero attached hydrogens (tertiary/aromatic N) is 1. The van der Waals surface area contributed by atoms with Gasteiger partial charge >= 0.3 is 0 Å². The number of rotatable bonds is 8. The fraction of sp³-hybridized carbons (Fsp3) is 0.520. The van der Waals surface area contributed by atoms with Gasteiger partial charge in [-0.15, -0.1) is 0 Å². The predicted octanol–water partition coefficient (Wildman–Crippen LogP) is 2.15. The second-order valence-electron chi connectivity index (χ2n) is 9.12. The van der Waals surface area contributed by atoms with Gasteiger partial charge in [0.2, 0.25) is 11.8 Å². The van der Waals surface area contributed by atoms with Crippen LogP contribution in [0, 0.1) is 5.92 Å². The van der Waals surface area contributed by atoms with Crippen molar-refractivity contribution in [2.24, 2.45) is 5.92 Å². The van der Waals surface area contributed by atoms with Gasteiger partial charge in [-0.1, -0.05) is 37.6 Å². The fourth-order valence-electron chi connectivity index (χ4n) is 4.32. The summed E-state index contributed by atoms with van der Waals surface area (Å²) in [6.07, 6.45) is 2.35. The van der Waals surface area contributed by atoms with Gasteiger partial charge in [0.05, 0.1) is 18.6 Å². The number of ether oxygens (including phenoxy) is 1. The van der Waals surface area contributed by atoms with Crippen LogP contribution in [0.5, 0.6) is 5.75 Å². The first kappa shape index (κ1) is 24.0. The lowest BCUT2D eigenvalue weighted by molar-refractivity contribution is -0.132. The van der Waals surface area contributed by atoms with Gasteiger partial charge in [-0.2, -0.15) is 0 Å². The molecule has 1 heterocycles. The second kappa shape index (κ2) is 10.3. The highest BCUT2D eigenvalue weighted by molar-refractivity contribution is 5.96. The van der Waals surface area contributed by atoms with Crippen LogP contribution in [0.25, 0.3) is 0 Å². The average Bonchev–Trinajstić information content (AvgIpc) is 3.13. The summed E-state index contributed by atoms with van der Waals surface area (Å²) in [5.41, 5.74) is 2.15. The summed E-state index contributed by atoms with van der Waals surface area (Å²) in [4.78, 5) is 27.8. The second-order valence-corrected chi connectivity index (χ2v) is 9.12. The topological polar surface area (TPSA) is 99.1 Å². The van der Waals surface area contributed by atoms with Crippen LogP contribution in [0.15, 0.2) is 47.6 Å². The minimum Gasteiger partial charge on any atom is -0.486 e. The molecule has 2 amide bonds. The number of carbonyl (C=O) groups excluding carboxylic acids is 2.